The Morgan fingerprint density at radius 1 is 1.02 bits per heavy atom. The predicted molar refractivity (Wildman–Crippen MR) is 151 cm³/mol. The largest absolute Gasteiger partial charge is 0.508 e. The number of nitrogens with zero attached hydrogens (tertiary/aromatic N) is 1. The molecule has 0 bridgehead atoms. The highest BCUT2D eigenvalue weighted by atomic mass is 16.3. The minimum atomic E-state index is -2.68. The molecule has 218 valence electrons. The normalized spacial score (nSPS) is 27.0. The van der Waals surface area contributed by atoms with Crippen molar-refractivity contribution in [1.82, 2.24) is 4.90 Å². The molecular formula is C31H31N3O8. The Morgan fingerprint density at radius 2 is 1.69 bits per heavy atom. The summed E-state index contributed by atoms with van der Waals surface area (Å²) in [5.41, 5.74) is 4.30. The molecular weight excluding hydrogens is 542 g/mol. The van der Waals surface area contributed by atoms with Crippen LogP contribution in [0.1, 0.15) is 30.4 Å². The van der Waals surface area contributed by atoms with Crippen molar-refractivity contribution in [2.75, 3.05) is 19.4 Å². The van der Waals surface area contributed by atoms with E-state index in [0.717, 1.165) is 18.4 Å². The van der Waals surface area contributed by atoms with E-state index in [4.69, 9.17) is 5.73 Å². The summed E-state index contributed by atoms with van der Waals surface area (Å²) >= 11 is 0. The number of anilines is 1. The second-order valence-corrected chi connectivity index (χ2v) is 11.8. The molecule has 4 aliphatic carbocycles. The van der Waals surface area contributed by atoms with E-state index in [9.17, 15) is 39.6 Å². The van der Waals surface area contributed by atoms with E-state index < -0.39 is 58.0 Å². The van der Waals surface area contributed by atoms with Gasteiger partial charge in [-0.05, 0) is 80.6 Å². The first-order valence-corrected chi connectivity index (χ1v) is 13.8. The number of nitrogens with one attached hydrogen (secondary N) is 1. The van der Waals surface area contributed by atoms with Crippen molar-refractivity contribution in [3.05, 3.63) is 64.4 Å². The van der Waals surface area contributed by atoms with Crippen LogP contribution < -0.4 is 11.1 Å². The van der Waals surface area contributed by atoms with Crippen molar-refractivity contribution in [2.24, 2.45) is 23.5 Å². The third-order valence-corrected chi connectivity index (χ3v) is 9.02. The van der Waals surface area contributed by atoms with E-state index in [1.165, 1.54) is 11.0 Å². The number of phenols is 1. The number of carbonyl (C=O) groups excluding carboxylic acids is 4. The molecule has 2 amide bonds. The fourth-order valence-corrected chi connectivity index (χ4v) is 6.84. The van der Waals surface area contributed by atoms with Crippen molar-refractivity contribution in [2.45, 2.75) is 37.3 Å². The lowest BCUT2D eigenvalue weighted by molar-refractivity contribution is -0.153. The quantitative estimate of drug-likeness (QED) is 0.290. The Bertz CT molecular complexity index is 1640. The number of hydrogen-bond donors (Lipinski definition) is 6. The van der Waals surface area contributed by atoms with Crippen molar-refractivity contribution in [3.8, 4) is 16.9 Å². The second kappa shape index (κ2) is 9.53. The average Bonchev–Trinajstić information content (AvgIpc) is 3.77. The van der Waals surface area contributed by atoms with E-state index in [0.29, 0.717) is 16.8 Å². The highest BCUT2D eigenvalue weighted by Crippen LogP contribution is 2.53. The summed E-state index contributed by atoms with van der Waals surface area (Å²) < 4.78 is 0. The zero-order chi connectivity index (χ0) is 30.2. The minimum Gasteiger partial charge on any atom is -0.508 e. The number of ketones is 2. The van der Waals surface area contributed by atoms with Crippen LogP contribution in [-0.2, 0) is 25.6 Å². The van der Waals surface area contributed by atoms with Crippen molar-refractivity contribution >= 4 is 34.8 Å². The van der Waals surface area contributed by atoms with Gasteiger partial charge in [0.1, 0.15) is 22.8 Å². The number of likely N-dealkylation sites (N-methyl/N-ethyl adjacent to an activating group) is 1. The molecule has 42 heavy (non-hydrogen) atoms. The number of nitrogens with two attached hydrogens (primary N) is 1. The Labute approximate surface area is 240 Å². The molecule has 0 radical (unpaired) electrons. The van der Waals surface area contributed by atoms with E-state index in [2.05, 4.69) is 5.32 Å². The van der Waals surface area contributed by atoms with E-state index >= 15 is 0 Å². The topological polar surface area (TPSA) is 190 Å². The molecule has 0 aromatic heterocycles. The number of hydrogen-bond acceptors (Lipinski definition) is 9. The maximum Gasteiger partial charge on any atom is 0.255 e. The Kier molecular flexibility index (Phi) is 6.28. The number of aromatic hydroxyl groups is 1. The lowest BCUT2D eigenvalue weighted by Crippen LogP contribution is -2.65. The highest BCUT2D eigenvalue weighted by Gasteiger charge is 2.64. The average molecular weight is 574 g/mol. The lowest BCUT2D eigenvalue weighted by atomic mass is 9.57. The molecule has 2 saturated carbocycles. The number of primary amides is 1. The van der Waals surface area contributed by atoms with Gasteiger partial charge in [-0.25, -0.2) is 0 Å². The molecule has 4 atom stereocenters. The molecule has 0 saturated heterocycles. The van der Waals surface area contributed by atoms with Gasteiger partial charge in [-0.3, -0.25) is 24.1 Å². The molecule has 0 heterocycles. The van der Waals surface area contributed by atoms with E-state index in [1.54, 1.807) is 32.3 Å². The zero-order valence-corrected chi connectivity index (χ0v) is 23.0. The molecule has 0 unspecified atom stereocenters. The molecule has 11 nitrogen and oxygen atoms in total. The Hall–Kier alpha value is -4.48. The fraction of sp³-hybridized carbons (Fsp3) is 0.355. The van der Waals surface area contributed by atoms with Gasteiger partial charge in [-0.1, -0.05) is 18.2 Å². The summed E-state index contributed by atoms with van der Waals surface area (Å²) in [6.45, 7) is 0. The van der Waals surface area contributed by atoms with Crippen molar-refractivity contribution in [1.29, 1.82) is 0 Å². The van der Waals surface area contributed by atoms with E-state index in [1.807, 2.05) is 12.1 Å². The van der Waals surface area contributed by atoms with Crippen LogP contribution in [0, 0.1) is 17.8 Å². The summed E-state index contributed by atoms with van der Waals surface area (Å²) in [6, 6.07) is 9.10. The minimum absolute atomic E-state index is 0.00694. The molecule has 6 rings (SSSR count). The van der Waals surface area contributed by atoms with Crippen LogP contribution in [0.4, 0.5) is 5.69 Å². The first-order valence-electron chi connectivity index (χ1n) is 13.8. The van der Waals surface area contributed by atoms with Crippen LogP contribution in [-0.4, -0.2) is 74.4 Å². The van der Waals surface area contributed by atoms with Crippen LogP contribution in [0.3, 0.4) is 0 Å². The van der Waals surface area contributed by atoms with Crippen LogP contribution in [0.5, 0.6) is 5.75 Å². The van der Waals surface area contributed by atoms with Gasteiger partial charge < -0.3 is 31.5 Å². The van der Waals surface area contributed by atoms with Gasteiger partial charge in [0, 0.05) is 23.1 Å². The molecule has 2 aromatic carbocycles. The number of benzene rings is 2. The number of rotatable bonds is 5. The number of phenolic OH excluding ortho intramolecular Hbond substituents is 1. The molecule has 2 aromatic rings. The van der Waals surface area contributed by atoms with Gasteiger partial charge in [0.05, 0.1) is 11.6 Å². The van der Waals surface area contributed by atoms with Crippen LogP contribution >= 0.6 is 0 Å². The summed E-state index contributed by atoms with van der Waals surface area (Å²) in [4.78, 5) is 53.0. The molecule has 2 fully saturated rings. The first kappa shape index (κ1) is 27.7. The number of carbonyl (C=O) groups is 4. The second-order valence-electron chi connectivity index (χ2n) is 11.8. The maximum absolute atomic E-state index is 14.0. The molecule has 11 heteroatoms. The van der Waals surface area contributed by atoms with Crippen molar-refractivity contribution in [3.63, 3.8) is 0 Å². The molecule has 0 spiro atoms. The third-order valence-electron chi connectivity index (χ3n) is 9.02. The van der Waals surface area contributed by atoms with Gasteiger partial charge in [-0.2, -0.15) is 0 Å². The van der Waals surface area contributed by atoms with Crippen LogP contribution in [0.25, 0.3) is 16.9 Å². The standard InChI is InChI=1S/C31H31N3O8/c1-34(2)24-19-12-15-11-18-17(13-5-7-16(8-6-13)33-30(41)14-3-4-14)9-10-20(35)22(18)25(36)21(15)27(38)31(19,42)28(39)23(26(24)37)29(32)40/h5-10,14-15,19,24,35-36,39,42H,3-4,11-12H2,1-2H3,(H2,32,40)(H,33,41)/t15-,19-,24-,31+/m1/s1. The van der Waals surface area contributed by atoms with Crippen molar-refractivity contribution < 1.29 is 39.6 Å². The number of amides is 2. The number of aliphatic hydroxyl groups excluding tert-OH is 2. The molecule has 4 aliphatic rings. The van der Waals surface area contributed by atoms with Crippen LogP contribution in [0.2, 0.25) is 0 Å². The van der Waals surface area contributed by atoms with Gasteiger partial charge in [0.25, 0.3) is 5.91 Å². The predicted octanol–water partition coefficient (Wildman–Crippen LogP) is 1.98. The summed E-state index contributed by atoms with van der Waals surface area (Å²) in [7, 11) is 3.11. The van der Waals surface area contributed by atoms with Gasteiger partial charge in [0.15, 0.2) is 11.4 Å². The third kappa shape index (κ3) is 3.95. The lowest BCUT2D eigenvalue weighted by Gasteiger charge is -2.50. The van der Waals surface area contributed by atoms with Crippen LogP contribution in [0.15, 0.2) is 53.3 Å². The fourth-order valence-electron chi connectivity index (χ4n) is 6.84. The van der Waals surface area contributed by atoms with Gasteiger partial charge >= 0.3 is 0 Å². The monoisotopic (exact) mass is 573 g/mol. The number of aliphatic hydroxyl groups is 3. The maximum atomic E-state index is 14.0. The number of Topliss-reactive ketones (excluding diaryl/α,β-unsaturated/α-hetero) is 2. The molecule has 0 aliphatic heterocycles. The van der Waals surface area contributed by atoms with E-state index in [-0.39, 0.29) is 41.6 Å². The SMILES string of the molecule is CN(C)[C@H]1C(=O)C(C(N)=O)=C(O)[C@@]2(O)C(=O)C3=C(O)c4c(O)ccc(-c5ccc(NC(=O)C6CC6)cc5)c4C[C@@H]3C[C@H]12. The molecule has 7 N–H and O–H groups in total. The highest BCUT2D eigenvalue weighted by molar-refractivity contribution is 6.24. The van der Waals surface area contributed by atoms with Gasteiger partial charge in [-0.15, -0.1) is 0 Å². The zero-order valence-electron chi connectivity index (χ0n) is 23.0. The summed E-state index contributed by atoms with van der Waals surface area (Å²) in [6.07, 6.45) is 1.96. The Balaban J connectivity index is 1.45. The number of fused-ring (bicyclic) bond motifs is 3. The summed E-state index contributed by atoms with van der Waals surface area (Å²) in [5.74, 6) is -6.86. The summed E-state index contributed by atoms with van der Waals surface area (Å²) in [5, 5.41) is 47.8. The Morgan fingerprint density at radius 3 is 2.29 bits per heavy atom. The first-order chi connectivity index (χ1) is 19.9. The smallest absolute Gasteiger partial charge is 0.255 e. The van der Waals surface area contributed by atoms with Gasteiger partial charge in [0.2, 0.25) is 11.7 Å².